The van der Waals surface area contributed by atoms with E-state index < -0.39 is 6.04 Å². The maximum absolute atomic E-state index is 11.8. The summed E-state index contributed by atoms with van der Waals surface area (Å²) in [7, 11) is 0. The quantitative estimate of drug-likeness (QED) is 0.647. The second-order valence-electron chi connectivity index (χ2n) is 5.75. The van der Waals surface area contributed by atoms with Crippen molar-refractivity contribution in [3.8, 4) is 0 Å². The van der Waals surface area contributed by atoms with Crippen LogP contribution in [-0.2, 0) is 16.0 Å². The number of hydrogen-bond acceptors (Lipinski definition) is 3. The summed E-state index contributed by atoms with van der Waals surface area (Å²) in [5.74, 6) is -0.482. The minimum Gasteiger partial charge on any atom is -0.352 e. The lowest BCUT2D eigenvalue weighted by Gasteiger charge is -2.17. The fourth-order valence-electron chi connectivity index (χ4n) is 1.96. The second kappa shape index (κ2) is 10.6. The Morgan fingerprint density at radius 3 is 2.39 bits per heavy atom. The Kier molecular flexibility index (Phi) is 10.1. The van der Waals surface area contributed by atoms with Gasteiger partial charge in [-0.05, 0) is 30.9 Å². The zero-order valence-electron chi connectivity index (χ0n) is 13.6. The van der Waals surface area contributed by atoms with Crippen LogP contribution in [0.15, 0.2) is 28.7 Å². The van der Waals surface area contributed by atoms with Crippen LogP contribution in [0, 0.1) is 5.92 Å². The van der Waals surface area contributed by atoms with E-state index in [0.29, 0.717) is 6.42 Å². The van der Waals surface area contributed by atoms with Crippen LogP contribution in [0.1, 0.15) is 26.3 Å². The molecule has 1 rings (SSSR count). The first kappa shape index (κ1) is 21.9. The van der Waals surface area contributed by atoms with Gasteiger partial charge in [0.25, 0.3) is 0 Å². The summed E-state index contributed by atoms with van der Waals surface area (Å²) >= 11 is 3.49. The van der Waals surface area contributed by atoms with Gasteiger partial charge < -0.3 is 16.4 Å². The molecule has 0 spiro atoms. The summed E-state index contributed by atoms with van der Waals surface area (Å²) in [6.07, 6.45) is 0.715. The Morgan fingerprint density at radius 2 is 1.83 bits per heavy atom. The van der Waals surface area contributed by atoms with Crippen LogP contribution in [0.25, 0.3) is 0 Å². The van der Waals surface area contributed by atoms with Gasteiger partial charge >= 0.3 is 0 Å². The summed E-state index contributed by atoms with van der Waals surface area (Å²) < 4.78 is 1.02. The molecule has 0 fully saturated rings. The number of benzene rings is 1. The van der Waals surface area contributed by atoms with Gasteiger partial charge in [0.2, 0.25) is 11.8 Å². The fraction of sp³-hybridized carbons (Fsp3) is 0.500. The fourth-order valence-corrected chi connectivity index (χ4v) is 2.41. The van der Waals surface area contributed by atoms with E-state index in [1.807, 2.05) is 45.0 Å². The van der Waals surface area contributed by atoms with Crippen molar-refractivity contribution >= 4 is 40.2 Å². The molecule has 0 aliphatic heterocycles. The van der Waals surface area contributed by atoms with Crippen molar-refractivity contribution in [2.24, 2.45) is 11.7 Å². The van der Waals surface area contributed by atoms with Gasteiger partial charge in [-0.2, -0.15) is 0 Å². The minimum atomic E-state index is -0.592. The highest BCUT2D eigenvalue weighted by Crippen LogP contribution is 2.17. The Hall–Kier alpha value is -1.11. The Labute approximate surface area is 152 Å². The van der Waals surface area contributed by atoms with Gasteiger partial charge in [0.1, 0.15) is 0 Å². The number of carbonyl (C=O) groups is 2. The third-order valence-corrected chi connectivity index (χ3v) is 4.11. The van der Waals surface area contributed by atoms with E-state index in [-0.39, 0.29) is 42.7 Å². The molecule has 1 aromatic rings. The SMILES string of the molecule is CC(Cc1ccccc1Br)NC(=O)CNC(=O)[C@@H](N)C(C)C.Cl. The molecule has 0 saturated heterocycles. The number of amides is 2. The molecule has 1 aromatic carbocycles. The monoisotopic (exact) mass is 405 g/mol. The number of rotatable bonds is 7. The van der Waals surface area contributed by atoms with Gasteiger partial charge in [-0.3, -0.25) is 9.59 Å². The predicted molar refractivity (Wildman–Crippen MR) is 98.5 cm³/mol. The van der Waals surface area contributed by atoms with Crippen molar-refractivity contribution in [3.63, 3.8) is 0 Å². The normalized spacial score (nSPS) is 13.0. The Bertz CT molecular complexity index is 526. The standard InChI is InChI=1S/C16H24BrN3O2.ClH/c1-10(2)15(18)16(22)19-9-14(21)20-11(3)8-12-6-4-5-7-13(12)17;/h4-7,10-11,15H,8-9,18H2,1-3H3,(H,19,22)(H,20,21);1H/t11?,15-;/m0./s1. The van der Waals surface area contributed by atoms with Gasteiger partial charge in [-0.1, -0.05) is 48.0 Å². The minimum absolute atomic E-state index is 0. The third kappa shape index (κ3) is 7.81. The van der Waals surface area contributed by atoms with E-state index in [9.17, 15) is 9.59 Å². The molecular formula is C16H25BrClN3O2. The van der Waals surface area contributed by atoms with Crippen molar-refractivity contribution in [1.82, 2.24) is 10.6 Å². The Balaban J connectivity index is 0.00000484. The lowest BCUT2D eigenvalue weighted by atomic mass is 10.1. The summed E-state index contributed by atoms with van der Waals surface area (Å²) in [6.45, 7) is 5.60. The Morgan fingerprint density at radius 1 is 1.22 bits per heavy atom. The number of hydrogen-bond donors (Lipinski definition) is 3. The molecule has 2 amide bonds. The van der Waals surface area contributed by atoms with Crippen LogP contribution in [0.3, 0.4) is 0 Å². The second-order valence-corrected chi connectivity index (χ2v) is 6.61. The molecule has 2 atom stereocenters. The smallest absolute Gasteiger partial charge is 0.239 e. The summed E-state index contributed by atoms with van der Waals surface area (Å²) in [5, 5.41) is 5.42. The average molecular weight is 407 g/mol. The van der Waals surface area contributed by atoms with Crippen LogP contribution in [-0.4, -0.2) is 30.4 Å². The maximum atomic E-state index is 11.8. The predicted octanol–water partition coefficient (Wildman–Crippen LogP) is 2.02. The summed E-state index contributed by atoms with van der Waals surface area (Å²) in [4.78, 5) is 23.5. The van der Waals surface area contributed by atoms with E-state index in [2.05, 4.69) is 26.6 Å². The molecule has 0 saturated carbocycles. The largest absolute Gasteiger partial charge is 0.352 e. The number of nitrogens with two attached hydrogens (primary N) is 1. The molecule has 0 aliphatic carbocycles. The molecule has 7 heteroatoms. The summed E-state index contributed by atoms with van der Waals surface area (Å²) in [5.41, 5.74) is 6.84. The van der Waals surface area contributed by atoms with Crippen LogP contribution in [0.4, 0.5) is 0 Å². The summed E-state index contributed by atoms with van der Waals surface area (Å²) in [6, 6.07) is 7.27. The molecule has 0 bridgehead atoms. The van der Waals surface area contributed by atoms with E-state index in [0.717, 1.165) is 10.0 Å². The highest BCUT2D eigenvalue weighted by molar-refractivity contribution is 9.10. The van der Waals surface area contributed by atoms with Crippen molar-refractivity contribution in [2.45, 2.75) is 39.3 Å². The molecule has 0 heterocycles. The molecule has 4 N–H and O–H groups in total. The first-order valence-corrected chi connectivity index (χ1v) is 8.16. The zero-order chi connectivity index (χ0) is 16.7. The topological polar surface area (TPSA) is 84.2 Å². The van der Waals surface area contributed by atoms with Crippen molar-refractivity contribution in [1.29, 1.82) is 0 Å². The van der Waals surface area contributed by atoms with Crippen LogP contribution >= 0.6 is 28.3 Å². The van der Waals surface area contributed by atoms with Crippen LogP contribution in [0.5, 0.6) is 0 Å². The maximum Gasteiger partial charge on any atom is 0.239 e. The first-order valence-electron chi connectivity index (χ1n) is 7.37. The molecule has 0 radical (unpaired) electrons. The number of carbonyl (C=O) groups excluding carboxylic acids is 2. The molecule has 23 heavy (non-hydrogen) atoms. The van der Waals surface area contributed by atoms with E-state index in [1.165, 1.54) is 0 Å². The third-order valence-electron chi connectivity index (χ3n) is 3.34. The van der Waals surface area contributed by atoms with Crippen molar-refractivity contribution in [3.05, 3.63) is 34.3 Å². The molecule has 5 nitrogen and oxygen atoms in total. The van der Waals surface area contributed by atoms with Gasteiger partial charge in [-0.15, -0.1) is 12.4 Å². The van der Waals surface area contributed by atoms with E-state index in [1.54, 1.807) is 0 Å². The van der Waals surface area contributed by atoms with Gasteiger partial charge in [-0.25, -0.2) is 0 Å². The molecule has 130 valence electrons. The number of nitrogens with one attached hydrogen (secondary N) is 2. The first-order chi connectivity index (χ1) is 10.3. The van der Waals surface area contributed by atoms with Crippen molar-refractivity contribution in [2.75, 3.05) is 6.54 Å². The van der Waals surface area contributed by atoms with E-state index in [4.69, 9.17) is 5.73 Å². The van der Waals surface area contributed by atoms with E-state index >= 15 is 0 Å². The van der Waals surface area contributed by atoms with Crippen molar-refractivity contribution < 1.29 is 9.59 Å². The van der Waals surface area contributed by atoms with Crippen LogP contribution < -0.4 is 16.4 Å². The number of halogens is 2. The zero-order valence-corrected chi connectivity index (χ0v) is 16.0. The van der Waals surface area contributed by atoms with Gasteiger partial charge in [0.15, 0.2) is 0 Å². The molecule has 0 aliphatic rings. The molecular weight excluding hydrogens is 382 g/mol. The van der Waals surface area contributed by atoms with Gasteiger partial charge in [0.05, 0.1) is 12.6 Å². The van der Waals surface area contributed by atoms with Gasteiger partial charge in [0, 0.05) is 10.5 Å². The lowest BCUT2D eigenvalue weighted by molar-refractivity contribution is -0.127. The van der Waals surface area contributed by atoms with Crippen LogP contribution in [0.2, 0.25) is 0 Å². The highest BCUT2D eigenvalue weighted by atomic mass is 79.9. The highest BCUT2D eigenvalue weighted by Gasteiger charge is 2.18. The molecule has 0 aromatic heterocycles. The molecule has 1 unspecified atom stereocenters. The lowest BCUT2D eigenvalue weighted by Crippen LogP contribution is -2.48. The average Bonchev–Trinajstić information content (AvgIpc) is 2.46.